The Labute approximate surface area is 105 Å². The van der Waals surface area contributed by atoms with Crippen molar-refractivity contribution in [2.24, 2.45) is 5.92 Å². The van der Waals surface area contributed by atoms with Gasteiger partial charge in [0.1, 0.15) is 12.4 Å². The Hall–Kier alpha value is -2.04. The molecule has 96 valence electrons. The van der Waals surface area contributed by atoms with E-state index in [2.05, 4.69) is 5.32 Å². The maximum absolute atomic E-state index is 11.2. The maximum atomic E-state index is 11.2. The van der Waals surface area contributed by atoms with Crippen LogP contribution in [0.15, 0.2) is 18.2 Å². The van der Waals surface area contributed by atoms with Gasteiger partial charge in [-0.05, 0) is 37.1 Å². The molecule has 0 aromatic heterocycles. The normalized spacial score (nSPS) is 15.5. The Bertz CT molecular complexity index is 484. The first-order chi connectivity index (χ1) is 8.56. The molecule has 0 saturated heterocycles. The highest BCUT2D eigenvalue weighted by Crippen LogP contribution is 2.26. The van der Waals surface area contributed by atoms with Crippen LogP contribution >= 0.6 is 0 Å². The average Bonchev–Trinajstić information content (AvgIpc) is 2.35. The van der Waals surface area contributed by atoms with E-state index < -0.39 is 11.9 Å². The molecule has 0 spiro atoms. The Morgan fingerprint density at radius 1 is 1.50 bits per heavy atom. The van der Waals surface area contributed by atoms with Gasteiger partial charge in [0, 0.05) is 12.1 Å². The lowest BCUT2D eigenvalue weighted by Gasteiger charge is -2.18. The summed E-state index contributed by atoms with van der Waals surface area (Å²) in [5.74, 6) is -0.755. The van der Waals surface area contributed by atoms with Gasteiger partial charge in [-0.3, -0.25) is 9.59 Å². The number of ether oxygens (including phenoxy) is 1. The van der Waals surface area contributed by atoms with E-state index in [4.69, 9.17) is 9.84 Å². The molecule has 0 aliphatic carbocycles. The number of carboxylic acid groups (broad SMARTS) is 1. The third kappa shape index (κ3) is 2.80. The summed E-state index contributed by atoms with van der Waals surface area (Å²) in [6, 6.07) is 5.37. The molecule has 5 heteroatoms. The fourth-order valence-electron chi connectivity index (χ4n) is 1.74. The quantitative estimate of drug-likeness (QED) is 0.851. The van der Waals surface area contributed by atoms with Gasteiger partial charge in [-0.1, -0.05) is 0 Å². The van der Waals surface area contributed by atoms with Crippen molar-refractivity contribution in [2.75, 3.05) is 11.9 Å². The summed E-state index contributed by atoms with van der Waals surface area (Å²) in [5, 5.41) is 11.5. The molecule has 18 heavy (non-hydrogen) atoms. The van der Waals surface area contributed by atoms with E-state index >= 15 is 0 Å². The summed E-state index contributed by atoms with van der Waals surface area (Å²) in [4.78, 5) is 21.9. The molecule has 1 aliphatic rings. The highest BCUT2D eigenvalue weighted by molar-refractivity contribution is 5.93. The number of benzene rings is 1. The summed E-state index contributed by atoms with van der Waals surface area (Å²) in [6.45, 7) is 1.74. The second-order valence-corrected chi connectivity index (χ2v) is 4.42. The standard InChI is InChI=1S/C13H15NO4/c1-8(13(16)17)7-18-10-3-4-11-9(6-10)2-5-12(15)14-11/h3-4,6,8H,2,5,7H2,1H3,(H,14,15)(H,16,17). The largest absolute Gasteiger partial charge is 0.493 e. The first kappa shape index (κ1) is 12.4. The third-order valence-electron chi connectivity index (χ3n) is 2.89. The second kappa shape index (κ2) is 5.08. The molecule has 1 amide bonds. The molecule has 0 bridgehead atoms. The van der Waals surface area contributed by atoms with Crippen LogP contribution in [-0.4, -0.2) is 23.6 Å². The number of carbonyl (C=O) groups excluding carboxylic acids is 1. The van der Waals surface area contributed by atoms with Gasteiger partial charge in [-0.2, -0.15) is 0 Å². The molecular weight excluding hydrogens is 234 g/mol. The smallest absolute Gasteiger partial charge is 0.309 e. The molecule has 5 nitrogen and oxygen atoms in total. The Balaban J connectivity index is 2.03. The first-order valence-corrected chi connectivity index (χ1v) is 5.84. The van der Waals surface area contributed by atoms with Gasteiger partial charge in [0.2, 0.25) is 5.91 Å². The van der Waals surface area contributed by atoms with Gasteiger partial charge >= 0.3 is 5.97 Å². The molecule has 1 unspecified atom stereocenters. The number of anilines is 1. The highest BCUT2D eigenvalue weighted by Gasteiger charge is 2.16. The monoisotopic (exact) mass is 249 g/mol. The van der Waals surface area contributed by atoms with Crippen molar-refractivity contribution in [1.82, 2.24) is 0 Å². The molecular formula is C13H15NO4. The molecule has 1 heterocycles. The second-order valence-electron chi connectivity index (χ2n) is 4.42. The topological polar surface area (TPSA) is 75.6 Å². The lowest BCUT2D eigenvalue weighted by Crippen LogP contribution is -2.20. The van der Waals surface area contributed by atoms with Crippen molar-refractivity contribution < 1.29 is 19.4 Å². The van der Waals surface area contributed by atoms with Crippen molar-refractivity contribution in [3.8, 4) is 5.75 Å². The van der Waals surface area contributed by atoms with Gasteiger partial charge in [0.25, 0.3) is 0 Å². The zero-order valence-corrected chi connectivity index (χ0v) is 10.1. The molecule has 0 saturated carbocycles. The lowest BCUT2D eigenvalue weighted by atomic mass is 10.0. The SMILES string of the molecule is CC(COc1ccc2c(c1)CCC(=O)N2)C(=O)O. The number of aliphatic carboxylic acids is 1. The van der Waals surface area contributed by atoms with Gasteiger partial charge in [-0.25, -0.2) is 0 Å². The van der Waals surface area contributed by atoms with Crippen LogP contribution in [0.3, 0.4) is 0 Å². The average molecular weight is 249 g/mol. The van der Waals surface area contributed by atoms with E-state index in [1.165, 1.54) is 0 Å². The summed E-state index contributed by atoms with van der Waals surface area (Å²) in [6.07, 6.45) is 1.16. The van der Waals surface area contributed by atoms with Gasteiger partial charge in [0.15, 0.2) is 0 Å². The van der Waals surface area contributed by atoms with Crippen LogP contribution in [0.2, 0.25) is 0 Å². The number of amides is 1. The molecule has 1 atom stereocenters. The van der Waals surface area contributed by atoms with Crippen molar-refractivity contribution >= 4 is 17.6 Å². The number of nitrogens with one attached hydrogen (secondary N) is 1. The van der Waals surface area contributed by atoms with Gasteiger partial charge in [-0.15, -0.1) is 0 Å². The summed E-state index contributed by atoms with van der Waals surface area (Å²) < 4.78 is 5.43. The molecule has 1 aromatic carbocycles. The molecule has 0 radical (unpaired) electrons. The fraction of sp³-hybridized carbons (Fsp3) is 0.385. The van der Waals surface area contributed by atoms with Crippen molar-refractivity contribution in [1.29, 1.82) is 0 Å². The number of hydrogen-bond acceptors (Lipinski definition) is 3. The number of rotatable bonds is 4. The molecule has 2 rings (SSSR count). The molecule has 1 aromatic rings. The number of aryl methyl sites for hydroxylation is 1. The van der Waals surface area contributed by atoms with E-state index in [0.717, 1.165) is 11.3 Å². The molecule has 0 fully saturated rings. The van der Waals surface area contributed by atoms with E-state index in [9.17, 15) is 9.59 Å². The molecule has 2 N–H and O–H groups in total. The number of carbonyl (C=O) groups is 2. The number of fused-ring (bicyclic) bond motifs is 1. The van der Waals surface area contributed by atoms with E-state index in [0.29, 0.717) is 18.6 Å². The van der Waals surface area contributed by atoms with E-state index in [1.54, 1.807) is 19.1 Å². The minimum atomic E-state index is -0.875. The van der Waals surface area contributed by atoms with Crippen LogP contribution in [0.4, 0.5) is 5.69 Å². The minimum absolute atomic E-state index is 0.0238. The van der Waals surface area contributed by atoms with E-state index in [-0.39, 0.29) is 12.5 Å². The predicted octanol–water partition coefficient (Wildman–Crippen LogP) is 1.67. The van der Waals surface area contributed by atoms with E-state index in [1.807, 2.05) is 6.07 Å². The molecule has 1 aliphatic heterocycles. The number of hydrogen-bond donors (Lipinski definition) is 2. The Morgan fingerprint density at radius 2 is 2.28 bits per heavy atom. The predicted molar refractivity (Wildman–Crippen MR) is 65.7 cm³/mol. The van der Waals surface area contributed by atoms with Crippen LogP contribution in [-0.2, 0) is 16.0 Å². The fourth-order valence-corrected chi connectivity index (χ4v) is 1.74. The Kier molecular flexibility index (Phi) is 3.50. The Morgan fingerprint density at radius 3 is 3.00 bits per heavy atom. The zero-order valence-electron chi connectivity index (χ0n) is 10.1. The van der Waals surface area contributed by atoms with Crippen molar-refractivity contribution in [3.63, 3.8) is 0 Å². The van der Waals surface area contributed by atoms with Crippen molar-refractivity contribution in [2.45, 2.75) is 19.8 Å². The third-order valence-corrected chi connectivity index (χ3v) is 2.89. The maximum Gasteiger partial charge on any atom is 0.309 e. The van der Waals surface area contributed by atoms with Crippen molar-refractivity contribution in [3.05, 3.63) is 23.8 Å². The summed E-state index contributed by atoms with van der Waals surface area (Å²) >= 11 is 0. The highest BCUT2D eigenvalue weighted by atomic mass is 16.5. The van der Waals surface area contributed by atoms with Crippen LogP contribution in [0.5, 0.6) is 5.75 Å². The van der Waals surface area contributed by atoms with Crippen LogP contribution in [0, 0.1) is 5.92 Å². The van der Waals surface area contributed by atoms with Gasteiger partial charge in [0.05, 0.1) is 5.92 Å². The summed E-state index contributed by atoms with van der Waals surface area (Å²) in [5.41, 5.74) is 1.83. The van der Waals surface area contributed by atoms with Crippen LogP contribution < -0.4 is 10.1 Å². The first-order valence-electron chi connectivity index (χ1n) is 5.84. The van der Waals surface area contributed by atoms with Crippen LogP contribution in [0.1, 0.15) is 18.9 Å². The number of carboxylic acids is 1. The zero-order chi connectivity index (χ0) is 13.1. The summed E-state index contributed by atoms with van der Waals surface area (Å²) in [7, 11) is 0. The minimum Gasteiger partial charge on any atom is -0.493 e. The van der Waals surface area contributed by atoms with Crippen LogP contribution in [0.25, 0.3) is 0 Å². The van der Waals surface area contributed by atoms with Gasteiger partial charge < -0.3 is 15.2 Å². The lowest BCUT2D eigenvalue weighted by molar-refractivity contribution is -0.142.